The van der Waals surface area contributed by atoms with Gasteiger partial charge in [-0.1, -0.05) is 37.8 Å². The largest absolute Gasteiger partial charge is 0.290 e. The molecule has 0 N–H and O–H groups in total. The SMILES string of the molecule is Fc1ccc([C@@H](c2nnnn2C2CCCCC2)N2CCCCC2)cc1. The summed E-state index contributed by atoms with van der Waals surface area (Å²) in [5.74, 6) is 0.716. The third-order valence-corrected chi connectivity index (χ3v) is 5.62. The van der Waals surface area contributed by atoms with Crippen LogP contribution in [0.5, 0.6) is 0 Å². The van der Waals surface area contributed by atoms with Gasteiger partial charge in [-0.2, -0.15) is 0 Å². The Labute approximate surface area is 148 Å². The zero-order chi connectivity index (χ0) is 17.1. The second-order valence-electron chi connectivity index (χ2n) is 7.32. The number of halogens is 1. The van der Waals surface area contributed by atoms with Crippen molar-refractivity contribution in [3.63, 3.8) is 0 Å². The lowest BCUT2D eigenvalue weighted by Crippen LogP contribution is -2.36. The highest BCUT2D eigenvalue weighted by Crippen LogP contribution is 2.34. The predicted octanol–water partition coefficient (Wildman–Crippen LogP) is 3.89. The van der Waals surface area contributed by atoms with E-state index in [1.165, 1.54) is 38.5 Å². The van der Waals surface area contributed by atoms with E-state index in [1.807, 2.05) is 12.1 Å². The Balaban J connectivity index is 1.70. The quantitative estimate of drug-likeness (QED) is 0.845. The number of tetrazole rings is 1. The Kier molecular flexibility index (Phi) is 5.06. The van der Waals surface area contributed by atoms with Crippen molar-refractivity contribution in [1.29, 1.82) is 0 Å². The molecular formula is C19H26FN5. The van der Waals surface area contributed by atoms with E-state index in [0.717, 1.165) is 37.3 Å². The van der Waals surface area contributed by atoms with E-state index in [2.05, 4.69) is 25.1 Å². The first-order chi connectivity index (χ1) is 12.3. The summed E-state index contributed by atoms with van der Waals surface area (Å²) in [5.41, 5.74) is 1.08. The standard InChI is InChI=1S/C19H26FN5/c20-16-11-9-15(10-12-16)18(24-13-5-2-6-14-24)19-21-22-23-25(19)17-7-3-1-4-8-17/h9-12,17-18H,1-8,13-14H2/t18-/m0/s1. The summed E-state index contributed by atoms with van der Waals surface area (Å²) in [5, 5.41) is 12.8. The molecule has 1 saturated carbocycles. The van der Waals surface area contributed by atoms with Gasteiger partial charge in [0.1, 0.15) is 5.82 Å². The lowest BCUT2D eigenvalue weighted by atomic mass is 9.94. The summed E-state index contributed by atoms with van der Waals surface area (Å²) >= 11 is 0. The van der Waals surface area contributed by atoms with E-state index in [1.54, 1.807) is 12.1 Å². The van der Waals surface area contributed by atoms with E-state index in [9.17, 15) is 4.39 Å². The van der Waals surface area contributed by atoms with Gasteiger partial charge in [-0.15, -0.1) is 5.10 Å². The van der Waals surface area contributed by atoms with Crippen LogP contribution in [0.3, 0.4) is 0 Å². The number of hydrogen-bond donors (Lipinski definition) is 0. The Morgan fingerprint density at radius 1 is 0.920 bits per heavy atom. The van der Waals surface area contributed by atoms with Crippen LogP contribution in [0, 0.1) is 5.82 Å². The number of hydrogen-bond acceptors (Lipinski definition) is 4. The van der Waals surface area contributed by atoms with Gasteiger partial charge in [-0.05, 0) is 66.9 Å². The summed E-state index contributed by atoms with van der Waals surface area (Å²) in [6.07, 6.45) is 9.76. The molecule has 1 aliphatic heterocycles. The van der Waals surface area contributed by atoms with Crippen molar-refractivity contribution in [2.24, 2.45) is 0 Å². The van der Waals surface area contributed by atoms with Gasteiger partial charge < -0.3 is 0 Å². The van der Waals surface area contributed by atoms with Gasteiger partial charge in [0.2, 0.25) is 0 Å². The summed E-state index contributed by atoms with van der Waals surface area (Å²) in [4.78, 5) is 2.46. The first-order valence-corrected chi connectivity index (χ1v) is 9.60. The van der Waals surface area contributed by atoms with Crippen LogP contribution in [0.25, 0.3) is 0 Å². The molecule has 0 bridgehead atoms. The molecule has 2 aliphatic rings. The average molecular weight is 343 g/mol. The molecule has 0 spiro atoms. The molecule has 1 atom stereocenters. The first kappa shape index (κ1) is 16.6. The molecule has 6 heteroatoms. The van der Waals surface area contributed by atoms with E-state index in [0.29, 0.717) is 6.04 Å². The maximum absolute atomic E-state index is 13.4. The Morgan fingerprint density at radius 3 is 2.32 bits per heavy atom. The number of rotatable bonds is 4. The number of nitrogens with zero attached hydrogens (tertiary/aromatic N) is 5. The fourth-order valence-corrected chi connectivity index (χ4v) is 4.31. The molecule has 0 unspecified atom stereocenters. The summed E-state index contributed by atoms with van der Waals surface area (Å²) < 4.78 is 15.5. The molecule has 1 saturated heterocycles. The van der Waals surface area contributed by atoms with Gasteiger partial charge >= 0.3 is 0 Å². The van der Waals surface area contributed by atoms with Gasteiger partial charge in [0.05, 0.1) is 12.1 Å². The van der Waals surface area contributed by atoms with Crippen LogP contribution in [0.4, 0.5) is 4.39 Å². The Hall–Kier alpha value is -1.82. The van der Waals surface area contributed by atoms with Gasteiger partial charge in [-0.25, -0.2) is 9.07 Å². The smallest absolute Gasteiger partial charge is 0.173 e. The van der Waals surface area contributed by atoms with Gasteiger partial charge in [-0.3, -0.25) is 4.90 Å². The summed E-state index contributed by atoms with van der Waals surface area (Å²) in [6, 6.07) is 7.26. The lowest BCUT2D eigenvalue weighted by Gasteiger charge is -2.35. The second kappa shape index (κ2) is 7.60. The number of aromatic nitrogens is 4. The minimum absolute atomic E-state index is 0.0119. The van der Waals surface area contributed by atoms with Crippen molar-refractivity contribution < 1.29 is 4.39 Å². The van der Waals surface area contributed by atoms with Crippen molar-refractivity contribution in [1.82, 2.24) is 25.1 Å². The first-order valence-electron chi connectivity index (χ1n) is 9.60. The van der Waals surface area contributed by atoms with Crippen LogP contribution < -0.4 is 0 Å². The van der Waals surface area contributed by atoms with Crippen molar-refractivity contribution in [3.8, 4) is 0 Å². The van der Waals surface area contributed by atoms with Gasteiger partial charge in [0.15, 0.2) is 5.82 Å². The average Bonchev–Trinajstić information content (AvgIpc) is 3.14. The zero-order valence-electron chi connectivity index (χ0n) is 14.6. The van der Waals surface area contributed by atoms with Crippen LogP contribution in [-0.4, -0.2) is 38.2 Å². The molecule has 0 amide bonds. The zero-order valence-corrected chi connectivity index (χ0v) is 14.6. The maximum Gasteiger partial charge on any atom is 0.173 e. The molecule has 5 nitrogen and oxygen atoms in total. The lowest BCUT2D eigenvalue weighted by molar-refractivity contribution is 0.172. The van der Waals surface area contributed by atoms with Crippen LogP contribution in [0.2, 0.25) is 0 Å². The number of piperidine rings is 1. The third-order valence-electron chi connectivity index (χ3n) is 5.62. The van der Waals surface area contributed by atoms with E-state index >= 15 is 0 Å². The molecular weight excluding hydrogens is 317 g/mol. The Bertz CT molecular complexity index is 671. The molecule has 1 aliphatic carbocycles. The fourth-order valence-electron chi connectivity index (χ4n) is 4.31. The van der Waals surface area contributed by atoms with Crippen LogP contribution in [-0.2, 0) is 0 Å². The highest BCUT2D eigenvalue weighted by molar-refractivity contribution is 5.25. The van der Waals surface area contributed by atoms with E-state index in [-0.39, 0.29) is 11.9 Å². The van der Waals surface area contributed by atoms with Crippen LogP contribution in [0.1, 0.15) is 74.8 Å². The van der Waals surface area contributed by atoms with E-state index in [4.69, 9.17) is 0 Å². The van der Waals surface area contributed by atoms with Crippen LogP contribution in [0.15, 0.2) is 24.3 Å². The van der Waals surface area contributed by atoms with Gasteiger partial charge in [0, 0.05) is 0 Å². The Morgan fingerprint density at radius 2 is 1.60 bits per heavy atom. The summed E-state index contributed by atoms with van der Waals surface area (Å²) in [7, 11) is 0. The highest BCUT2D eigenvalue weighted by atomic mass is 19.1. The molecule has 1 aromatic carbocycles. The molecule has 2 aromatic rings. The van der Waals surface area contributed by atoms with Crippen LogP contribution >= 0.6 is 0 Å². The molecule has 25 heavy (non-hydrogen) atoms. The van der Waals surface area contributed by atoms with Gasteiger partial charge in [0.25, 0.3) is 0 Å². The maximum atomic E-state index is 13.4. The molecule has 0 radical (unpaired) electrons. The second-order valence-corrected chi connectivity index (χ2v) is 7.32. The topological polar surface area (TPSA) is 46.8 Å². The fraction of sp³-hybridized carbons (Fsp3) is 0.632. The predicted molar refractivity (Wildman–Crippen MR) is 93.6 cm³/mol. The monoisotopic (exact) mass is 343 g/mol. The minimum atomic E-state index is -0.201. The molecule has 134 valence electrons. The minimum Gasteiger partial charge on any atom is -0.290 e. The van der Waals surface area contributed by atoms with Crippen molar-refractivity contribution in [2.75, 3.05) is 13.1 Å². The highest BCUT2D eigenvalue weighted by Gasteiger charge is 2.31. The third kappa shape index (κ3) is 3.59. The normalized spacial score (nSPS) is 21.3. The van der Waals surface area contributed by atoms with Crippen molar-refractivity contribution in [2.45, 2.75) is 63.5 Å². The molecule has 4 rings (SSSR count). The number of likely N-dealkylation sites (tertiary alicyclic amines) is 1. The molecule has 1 aromatic heterocycles. The molecule has 2 heterocycles. The molecule has 2 fully saturated rings. The van der Waals surface area contributed by atoms with Crippen molar-refractivity contribution >= 4 is 0 Å². The number of benzene rings is 1. The van der Waals surface area contributed by atoms with Crippen molar-refractivity contribution in [3.05, 3.63) is 41.5 Å². The summed E-state index contributed by atoms with van der Waals surface area (Å²) in [6.45, 7) is 2.08. The van der Waals surface area contributed by atoms with E-state index < -0.39 is 0 Å².